The predicted octanol–water partition coefficient (Wildman–Crippen LogP) is 3.55. The summed E-state index contributed by atoms with van der Waals surface area (Å²) in [6, 6.07) is 15.8. The first-order chi connectivity index (χ1) is 14.8. The lowest BCUT2D eigenvalue weighted by Gasteiger charge is -2.36. The van der Waals surface area contributed by atoms with E-state index >= 15 is 0 Å². The molecule has 0 saturated heterocycles. The molecular weight excluding hydrogens is 418 g/mol. The van der Waals surface area contributed by atoms with E-state index < -0.39 is 17.9 Å². The van der Waals surface area contributed by atoms with Gasteiger partial charge in [-0.05, 0) is 36.2 Å². The van der Waals surface area contributed by atoms with Gasteiger partial charge in [-0.2, -0.15) is 5.26 Å². The van der Waals surface area contributed by atoms with Crippen molar-refractivity contribution in [2.75, 3.05) is 19.1 Å². The zero-order valence-corrected chi connectivity index (χ0v) is 17.9. The maximum Gasteiger partial charge on any atom is 0.355 e. The Kier molecular flexibility index (Phi) is 6.33. The molecule has 1 unspecified atom stereocenters. The van der Waals surface area contributed by atoms with Gasteiger partial charge in [0.05, 0.1) is 43.0 Å². The van der Waals surface area contributed by atoms with Gasteiger partial charge in [-0.3, -0.25) is 4.90 Å². The van der Waals surface area contributed by atoms with Crippen LogP contribution in [0.2, 0.25) is 5.02 Å². The van der Waals surface area contributed by atoms with Crippen LogP contribution < -0.4 is 10.6 Å². The number of allylic oxidation sites excluding steroid dienone is 1. The summed E-state index contributed by atoms with van der Waals surface area (Å²) in [6.07, 6.45) is 0. The molecule has 8 heteroatoms. The summed E-state index contributed by atoms with van der Waals surface area (Å²) >= 11 is 6.01. The zero-order valence-electron chi connectivity index (χ0n) is 17.2. The Hall–Kier alpha value is -3.76. The van der Waals surface area contributed by atoms with E-state index in [0.717, 1.165) is 5.56 Å². The fourth-order valence-corrected chi connectivity index (χ4v) is 3.71. The third-order valence-corrected chi connectivity index (χ3v) is 5.29. The van der Waals surface area contributed by atoms with Crippen molar-refractivity contribution >= 4 is 29.2 Å². The van der Waals surface area contributed by atoms with E-state index in [4.69, 9.17) is 26.8 Å². The minimum absolute atomic E-state index is 0.0183. The molecule has 0 spiro atoms. The normalized spacial score (nSPS) is 16.1. The fourth-order valence-electron chi connectivity index (χ4n) is 3.59. The third-order valence-electron chi connectivity index (χ3n) is 5.04. The number of rotatable bonds is 4. The summed E-state index contributed by atoms with van der Waals surface area (Å²) in [5.74, 6) is -2.49. The molecule has 0 fully saturated rings. The second kappa shape index (κ2) is 8.94. The molecular formula is C23H20ClN3O4. The number of nitrogens with two attached hydrogens (primary N) is 1. The van der Waals surface area contributed by atoms with Gasteiger partial charge in [0.2, 0.25) is 0 Å². The maximum atomic E-state index is 13.0. The van der Waals surface area contributed by atoms with Crippen LogP contribution in [0.15, 0.2) is 71.2 Å². The van der Waals surface area contributed by atoms with E-state index in [-0.39, 0.29) is 22.7 Å². The molecule has 1 aliphatic rings. The number of esters is 2. The Labute approximate surface area is 184 Å². The van der Waals surface area contributed by atoms with Crippen molar-refractivity contribution in [3.63, 3.8) is 0 Å². The molecule has 1 atom stereocenters. The largest absolute Gasteiger partial charge is 0.466 e. The number of para-hydroxylation sites is 1. The quantitative estimate of drug-likeness (QED) is 0.729. The van der Waals surface area contributed by atoms with Gasteiger partial charge in [-0.1, -0.05) is 41.9 Å². The van der Waals surface area contributed by atoms with Crippen molar-refractivity contribution in [2.24, 2.45) is 5.73 Å². The molecule has 7 nitrogen and oxygen atoms in total. The minimum atomic E-state index is -0.941. The molecule has 2 N–H and O–H groups in total. The highest BCUT2D eigenvalue weighted by Crippen LogP contribution is 2.43. The number of hydrogen-bond acceptors (Lipinski definition) is 7. The van der Waals surface area contributed by atoms with Gasteiger partial charge in [0.1, 0.15) is 11.5 Å². The summed E-state index contributed by atoms with van der Waals surface area (Å²) in [6.45, 7) is 1.83. The SMILES string of the molecule is COC(=O)C1=C(C(=O)OC)N(c2ccccc2C)C(N)=C(C#N)C1c1ccc(Cl)cc1. The molecule has 1 heterocycles. The van der Waals surface area contributed by atoms with Gasteiger partial charge >= 0.3 is 11.9 Å². The number of ether oxygens (including phenoxy) is 2. The Balaban J connectivity index is 2.43. The molecule has 0 saturated carbocycles. The van der Waals surface area contributed by atoms with Crippen molar-refractivity contribution in [1.82, 2.24) is 0 Å². The molecule has 1 aliphatic heterocycles. The average Bonchev–Trinajstić information content (AvgIpc) is 2.78. The smallest absolute Gasteiger partial charge is 0.355 e. The van der Waals surface area contributed by atoms with Crippen molar-refractivity contribution < 1.29 is 19.1 Å². The van der Waals surface area contributed by atoms with Crippen LogP contribution in [0.25, 0.3) is 0 Å². The summed E-state index contributed by atoms with van der Waals surface area (Å²) in [7, 11) is 2.41. The maximum absolute atomic E-state index is 13.0. The number of methoxy groups -OCH3 is 2. The van der Waals surface area contributed by atoms with Crippen molar-refractivity contribution in [3.8, 4) is 6.07 Å². The lowest BCUT2D eigenvalue weighted by molar-refractivity contribution is -0.139. The second-order valence-corrected chi connectivity index (χ2v) is 7.20. The Morgan fingerprint density at radius 2 is 1.68 bits per heavy atom. The van der Waals surface area contributed by atoms with Crippen molar-refractivity contribution in [2.45, 2.75) is 12.8 Å². The number of anilines is 1. The van der Waals surface area contributed by atoms with E-state index in [1.54, 1.807) is 36.4 Å². The summed E-state index contributed by atoms with van der Waals surface area (Å²) in [5, 5.41) is 10.5. The number of benzene rings is 2. The van der Waals surface area contributed by atoms with Crippen LogP contribution in [0.4, 0.5) is 5.69 Å². The van der Waals surface area contributed by atoms with Gasteiger partial charge in [0.25, 0.3) is 0 Å². The molecule has 3 rings (SSSR count). The van der Waals surface area contributed by atoms with Crippen LogP contribution in [-0.4, -0.2) is 26.2 Å². The first-order valence-electron chi connectivity index (χ1n) is 9.27. The molecule has 2 aromatic rings. The highest BCUT2D eigenvalue weighted by atomic mass is 35.5. The summed E-state index contributed by atoms with van der Waals surface area (Å²) < 4.78 is 10.0. The van der Waals surface area contributed by atoms with E-state index in [9.17, 15) is 14.9 Å². The first kappa shape index (κ1) is 21.9. The Bertz CT molecular complexity index is 1150. The standard InChI is InChI=1S/C23H20ClN3O4/c1-13-6-4-5-7-17(13)27-20(23(29)31-3)19(22(28)30-2)18(16(12-25)21(27)26)14-8-10-15(24)11-9-14/h4-11,18H,26H2,1-3H3. The van der Waals surface area contributed by atoms with Gasteiger partial charge < -0.3 is 15.2 Å². The summed E-state index contributed by atoms with van der Waals surface area (Å²) in [4.78, 5) is 27.3. The number of nitrogens with zero attached hydrogens (tertiary/aromatic N) is 2. The number of halogens is 1. The number of carbonyl (C=O) groups is 2. The number of nitriles is 1. The van der Waals surface area contributed by atoms with Crippen LogP contribution >= 0.6 is 11.6 Å². The van der Waals surface area contributed by atoms with Crippen LogP contribution in [0.1, 0.15) is 17.0 Å². The van der Waals surface area contributed by atoms with Crippen LogP contribution in [0.5, 0.6) is 0 Å². The second-order valence-electron chi connectivity index (χ2n) is 6.76. The monoisotopic (exact) mass is 437 g/mol. The van der Waals surface area contributed by atoms with E-state index in [2.05, 4.69) is 6.07 Å². The number of carbonyl (C=O) groups excluding carboxylic acids is 2. The lowest BCUT2D eigenvalue weighted by atomic mass is 9.80. The van der Waals surface area contributed by atoms with Crippen LogP contribution in [-0.2, 0) is 19.1 Å². The lowest BCUT2D eigenvalue weighted by Crippen LogP contribution is -2.41. The molecule has 0 radical (unpaired) electrons. The highest BCUT2D eigenvalue weighted by Gasteiger charge is 2.43. The number of aryl methyl sites for hydroxylation is 1. The Morgan fingerprint density at radius 3 is 2.23 bits per heavy atom. The molecule has 0 aliphatic carbocycles. The van der Waals surface area contributed by atoms with Crippen molar-refractivity contribution in [3.05, 3.63) is 87.3 Å². The third kappa shape index (κ3) is 3.86. The first-order valence-corrected chi connectivity index (χ1v) is 9.65. The van der Waals surface area contributed by atoms with Gasteiger partial charge in [-0.15, -0.1) is 0 Å². The number of hydrogen-bond donors (Lipinski definition) is 1. The van der Waals surface area contributed by atoms with Gasteiger partial charge in [-0.25, -0.2) is 9.59 Å². The van der Waals surface area contributed by atoms with Crippen LogP contribution in [0, 0.1) is 18.3 Å². The fraction of sp³-hybridized carbons (Fsp3) is 0.174. The van der Waals surface area contributed by atoms with Crippen LogP contribution in [0.3, 0.4) is 0 Å². The van der Waals surface area contributed by atoms with Gasteiger partial charge in [0, 0.05) is 5.02 Å². The summed E-state index contributed by atoms with van der Waals surface area (Å²) in [5.41, 5.74) is 8.24. The average molecular weight is 438 g/mol. The van der Waals surface area contributed by atoms with Crippen molar-refractivity contribution in [1.29, 1.82) is 5.26 Å². The zero-order chi connectivity index (χ0) is 22.7. The molecule has 0 aromatic heterocycles. The molecule has 31 heavy (non-hydrogen) atoms. The molecule has 0 bridgehead atoms. The minimum Gasteiger partial charge on any atom is -0.466 e. The van der Waals surface area contributed by atoms with E-state index in [1.165, 1.54) is 19.1 Å². The van der Waals surface area contributed by atoms with E-state index in [1.807, 2.05) is 19.1 Å². The molecule has 2 aromatic carbocycles. The Morgan fingerprint density at radius 1 is 1.06 bits per heavy atom. The molecule has 158 valence electrons. The molecule has 0 amide bonds. The predicted molar refractivity (Wildman–Crippen MR) is 116 cm³/mol. The topological polar surface area (TPSA) is 106 Å². The van der Waals surface area contributed by atoms with Gasteiger partial charge in [0.15, 0.2) is 0 Å². The highest BCUT2D eigenvalue weighted by molar-refractivity contribution is 6.30. The van der Waals surface area contributed by atoms with E-state index in [0.29, 0.717) is 16.3 Å².